The first-order valence-electron chi connectivity index (χ1n) is 5.74. The van der Waals surface area contributed by atoms with Crippen molar-refractivity contribution in [2.45, 2.75) is 39.2 Å². The summed E-state index contributed by atoms with van der Waals surface area (Å²) in [5.41, 5.74) is 0. The van der Waals surface area contributed by atoms with E-state index in [2.05, 4.69) is 11.9 Å². The molecule has 17 heavy (non-hydrogen) atoms. The van der Waals surface area contributed by atoms with Gasteiger partial charge in [0, 0.05) is 6.04 Å². The molecule has 0 radical (unpaired) electrons. The molecule has 0 saturated heterocycles. The van der Waals surface area contributed by atoms with Crippen LogP contribution in [-0.2, 0) is 9.53 Å². The van der Waals surface area contributed by atoms with E-state index in [4.69, 9.17) is 9.84 Å². The zero-order valence-corrected chi connectivity index (χ0v) is 10.4. The summed E-state index contributed by atoms with van der Waals surface area (Å²) in [6, 6.07) is -0.0201. The molecule has 5 heteroatoms. The quantitative estimate of drug-likeness (QED) is 0.641. The van der Waals surface area contributed by atoms with Crippen LogP contribution in [0, 0.1) is 5.92 Å². The van der Waals surface area contributed by atoms with Crippen LogP contribution in [-0.4, -0.2) is 29.8 Å². The molecule has 0 aliphatic carbocycles. The number of alkyl carbamates (subject to hydrolysis) is 1. The van der Waals surface area contributed by atoms with Gasteiger partial charge < -0.3 is 15.2 Å². The van der Waals surface area contributed by atoms with Gasteiger partial charge in [-0.25, -0.2) is 4.79 Å². The molecule has 98 valence electrons. The Balaban J connectivity index is 3.65. The van der Waals surface area contributed by atoms with Gasteiger partial charge in [-0.05, 0) is 19.8 Å². The molecule has 2 N–H and O–H groups in total. The molecule has 0 aliphatic rings. The van der Waals surface area contributed by atoms with E-state index in [1.807, 2.05) is 6.92 Å². The molecule has 0 heterocycles. The summed E-state index contributed by atoms with van der Waals surface area (Å²) in [7, 11) is 0. The van der Waals surface area contributed by atoms with E-state index in [1.165, 1.54) is 6.08 Å². The number of ether oxygens (including phenoxy) is 1. The number of nitrogens with one attached hydrogen (secondary N) is 1. The van der Waals surface area contributed by atoms with E-state index in [9.17, 15) is 9.59 Å². The molecule has 0 spiro atoms. The molecule has 0 bridgehead atoms. The van der Waals surface area contributed by atoms with Crippen molar-refractivity contribution in [1.82, 2.24) is 5.32 Å². The second-order valence-electron chi connectivity index (χ2n) is 4.10. The van der Waals surface area contributed by atoms with Gasteiger partial charge in [-0.1, -0.05) is 26.0 Å². The van der Waals surface area contributed by atoms with Crippen molar-refractivity contribution in [3.05, 3.63) is 12.7 Å². The first-order valence-corrected chi connectivity index (χ1v) is 5.74. The van der Waals surface area contributed by atoms with Crippen molar-refractivity contribution >= 4 is 12.1 Å². The molecular weight excluding hydrogens is 222 g/mol. The second kappa shape index (κ2) is 8.61. The van der Waals surface area contributed by atoms with Gasteiger partial charge in [0.2, 0.25) is 0 Å². The third-order valence-corrected chi connectivity index (χ3v) is 2.39. The largest absolute Gasteiger partial charge is 0.481 e. The van der Waals surface area contributed by atoms with Crippen LogP contribution < -0.4 is 5.32 Å². The fourth-order valence-electron chi connectivity index (χ4n) is 1.30. The van der Waals surface area contributed by atoms with Crippen LogP contribution in [0.15, 0.2) is 12.7 Å². The molecule has 0 rings (SSSR count). The number of carbonyl (C=O) groups is 2. The van der Waals surface area contributed by atoms with E-state index in [0.29, 0.717) is 6.42 Å². The summed E-state index contributed by atoms with van der Waals surface area (Å²) >= 11 is 0. The summed E-state index contributed by atoms with van der Waals surface area (Å²) in [4.78, 5) is 21.7. The second-order valence-corrected chi connectivity index (χ2v) is 4.10. The molecule has 5 nitrogen and oxygen atoms in total. The highest BCUT2D eigenvalue weighted by atomic mass is 16.5. The van der Waals surface area contributed by atoms with Crippen molar-refractivity contribution < 1.29 is 19.4 Å². The first-order chi connectivity index (χ1) is 7.97. The SMILES string of the molecule is C=CCOC(=O)NC(C)CCCC(C)C(=O)O. The lowest BCUT2D eigenvalue weighted by Gasteiger charge is -2.14. The molecule has 2 unspecified atom stereocenters. The summed E-state index contributed by atoms with van der Waals surface area (Å²) < 4.78 is 4.77. The Labute approximate surface area is 102 Å². The van der Waals surface area contributed by atoms with Crippen LogP contribution in [0.4, 0.5) is 4.79 Å². The number of carboxylic acid groups (broad SMARTS) is 1. The fourth-order valence-corrected chi connectivity index (χ4v) is 1.30. The van der Waals surface area contributed by atoms with Crippen LogP contribution in [0.25, 0.3) is 0 Å². The third kappa shape index (κ3) is 8.30. The predicted octanol–water partition coefficient (Wildman–Crippen LogP) is 2.18. The third-order valence-electron chi connectivity index (χ3n) is 2.39. The number of hydrogen-bond acceptors (Lipinski definition) is 3. The highest BCUT2D eigenvalue weighted by Gasteiger charge is 2.12. The number of carboxylic acids is 1. The highest BCUT2D eigenvalue weighted by Crippen LogP contribution is 2.09. The summed E-state index contributed by atoms with van der Waals surface area (Å²) in [5, 5.41) is 11.4. The number of carbonyl (C=O) groups excluding carboxylic acids is 1. The molecule has 2 atom stereocenters. The Hall–Kier alpha value is -1.52. The van der Waals surface area contributed by atoms with Gasteiger partial charge in [-0.15, -0.1) is 0 Å². The zero-order valence-electron chi connectivity index (χ0n) is 10.4. The zero-order chi connectivity index (χ0) is 13.3. The molecule has 0 aromatic carbocycles. The van der Waals surface area contributed by atoms with E-state index in [1.54, 1.807) is 6.92 Å². The highest BCUT2D eigenvalue weighted by molar-refractivity contribution is 5.69. The molecule has 0 saturated carbocycles. The average Bonchev–Trinajstić information content (AvgIpc) is 2.25. The summed E-state index contributed by atoms with van der Waals surface area (Å²) in [5.74, 6) is -1.12. The monoisotopic (exact) mass is 243 g/mol. The molecule has 0 aliphatic heterocycles. The van der Waals surface area contributed by atoms with Crippen LogP contribution >= 0.6 is 0 Å². The van der Waals surface area contributed by atoms with E-state index < -0.39 is 12.1 Å². The van der Waals surface area contributed by atoms with Gasteiger partial charge in [-0.2, -0.15) is 0 Å². The van der Waals surface area contributed by atoms with Gasteiger partial charge >= 0.3 is 12.1 Å². The molecular formula is C12H21NO4. The normalized spacial score (nSPS) is 13.5. The van der Waals surface area contributed by atoms with Crippen molar-refractivity contribution in [1.29, 1.82) is 0 Å². The van der Waals surface area contributed by atoms with Crippen LogP contribution in [0.5, 0.6) is 0 Å². The van der Waals surface area contributed by atoms with E-state index in [0.717, 1.165) is 12.8 Å². The van der Waals surface area contributed by atoms with Crippen LogP contribution in [0.1, 0.15) is 33.1 Å². The van der Waals surface area contributed by atoms with Crippen molar-refractivity contribution in [3.63, 3.8) is 0 Å². The number of amides is 1. The Morgan fingerprint density at radius 3 is 2.59 bits per heavy atom. The molecule has 0 aromatic rings. The van der Waals surface area contributed by atoms with Crippen LogP contribution in [0.2, 0.25) is 0 Å². The lowest BCUT2D eigenvalue weighted by atomic mass is 10.0. The number of rotatable bonds is 8. The number of hydrogen-bond donors (Lipinski definition) is 2. The predicted molar refractivity (Wildman–Crippen MR) is 64.8 cm³/mol. The summed E-state index contributed by atoms with van der Waals surface area (Å²) in [6.45, 7) is 7.17. The lowest BCUT2D eigenvalue weighted by molar-refractivity contribution is -0.141. The smallest absolute Gasteiger partial charge is 0.407 e. The number of aliphatic carboxylic acids is 1. The van der Waals surface area contributed by atoms with Gasteiger partial charge in [0.15, 0.2) is 0 Å². The Kier molecular flexibility index (Phi) is 7.84. The maximum Gasteiger partial charge on any atom is 0.407 e. The maximum atomic E-state index is 11.1. The standard InChI is InChI=1S/C12H21NO4/c1-4-8-17-12(16)13-10(3)7-5-6-9(2)11(14)15/h4,9-10H,1,5-8H2,2-3H3,(H,13,16)(H,14,15). The van der Waals surface area contributed by atoms with Gasteiger partial charge in [-0.3, -0.25) is 4.79 Å². The van der Waals surface area contributed by atoms with Crippen molar-refractivity contribution in [3.8, 4) is 0 Å². The Bertz CT molecular complexity index is 265. The minimum Gasteiger partial charge on any atom is -0.481 e. The first kappa shape index (κ1) is 15.5. The maximum absolute atomic E-state index is 11.1. The van der Waals surface area contributed by atoms with Gasteiger partial charge in [0.25, 0.3) is 0 Å². The molecule has 0 aromatic heterocycles. The van der Waals surface area contributed by atoms with E-state index in [-0.39, 0.29) is 18.6 Å². The minimum atomic E-state index is -0.781. The minimum absolute atomic E-state index is 0.0201. The average molecular weight is 243 g/mol. The lowest BCUT2D eigenvalue weighted by Crippen LogP contribution is -2.33. The van der Waals surface area contributed by atoms with Gasteiger partial charge in [0.05, 0.1) is 5.92 Å². The van der Waals surface area contributed by atoms with Gasteiger partial charge in [0.1, 0.15) is 6.61 Å². The Morgan fingerprint density at radius 2 is 2.06 bits per heavy atom. The fraction of sp³-hybridized carbons (Fsp3) is 0.667. The Morgan fingerprint density at radius 1 is 1.41 bits per heavy atom. The van der Waals surface area contributed by atoms with Crippen LogP contribution in [0.3, 0.4) is 0 Å². The summed E-state index contributed by atoms with van der Waals surface area (Å²) in [6.07, 6.45) is 3.14. The van der Waals surface area contributed by atoms with Crippen molar-refractivity contribution in [2.24, 2.45) is 5.92 Å². The topological polar surface area (TPSA) is 75.6 Å². The van der Waals surface area contributed by atoms with Crippen molar-refractivity contribution in [2.75, 3.05) is 6.61 Å². The molecule has 1 amide bonds. The van der Waals surface area contributed by atoms with E-state index >= 15 is 0 Å². The molecule has 0 fully saturated rings.